The molecule has 2 N–H and O–H groups in total. The van der Waals surface area contributed by atoms with E-state index in [1.807, 2.05) is 6.07 Å². The van der Waals surface area contributed by atoms with E-state index in [4.69, 9.17) is 11.6 Å². The number of nitrogens with one attached hydrogen (secondary N) is 1. The van der Waals surface area contributed by atoms with E-state index in [9.17, 15) is 23.5 Å². The van der Waals surface area contributed by atoms with Crippen LogP contribution in [-0.2, 0) is 0 Å². The van der Waals surface area contributed by atoms with Gasteiger partial charge in [0.25, 0.3) is 0 Å². The van der Waals surface area contributed by atoms with Crippen molar-refractivity contribution in [2.45, 2.75) is 37.5 Å². The molecular weight excluding hydrogens is 367 g/mol. The lowest BCUT2D eigenvalue weighted by molar-refractivity contribution is -0.199. The van der Waals surface area contributed by atoms with Gasteiger partial charge in [0.05, 0.1) is 28.3 Å². The summed E-state index contributed by atoms with van der Waals surface area (Å²) in [6, 6.07) is 7.00. The number of aromatic nitrogens is 1. The van der Waals surface area contributed by atoms with Crippen LogP contribution < -0.4 is 5.32 Å². The first-order valence-electron chi connectivity index (χ1n) is 8.23. The number of nitriles is 1. The van der Waals surface area contributed by atoms with Gasteiger partial charge in [0.1, 0.15) is 6.07 Å². The third kappa shape index (κ3) is 3.87. The summed E-state index contributed by atoms with van der Waals surface area (Å²) >= 11 is 6.02. The zero-order valence-corrected chi connectivity index (χ0v) is 14.5. The fourth-order valence-electron chi connectivity index (χ4n) is 3.47. The summed E-state index contributed by atoms with van der Waals surface area (Å²) in [5.74, 6) is -1.51. The number of halogens is 4. The van der Waals surface area contributed by atoms with Crippen molar-refractivity contribution in [3.8, 4) is 6.07 Å². The second kappa shape index (κ2) is 6.93. The Balaban J connectivity index is 1.87. The van der Waals surface area contributed by atoms with Crippen molar-refractivity contribution >= 4 is 28.2 Å². The molecule has 2 atom stereocenters. The Labute approximate surface area is 153 Å². The van der Waals surface area contributed by atoms with Crippen molar-refractivity contribution in [3.63, 3.8) is 0 Å². The molecule has 1 aromatic carbocycles. The predicted octanol–water partition coefficient (Wildman–Crippen LogP) is 4.66. The minimum atomic E-state index is -4.32. The maximum absolute atomic E-state index is 13.0. The van der Waals surface area contributed by atoms with Crippen molar-refractivity contribution in [1.82, 2.24) is 4.98 Å². The van der Waals surface area contributed by atoms with E-state index in [0.717, 1.165) is 0 Å². The first-order chi connectivity index (χ1) is 12.2. The first-order valence-corrected chi connectivity index (χ1v) is 8.61. The molecule has 26 heavy (non-hydrogen) atoms. The summed E-state index contributed by atoms with van der Waals surface area (Å²) in [5, 5.41) is 24.0. The van der Waals surface area contributed by atoms with Crippen LogP contribution in [0.15, 0.2) is 24.4 Å². The van der Waals surface area contributed by atoms with Gasteiger partial charge in [-0.15, -0.1) is 0 Å². The first kappa shape index (κ1) is 18.7. The molecule has 1 aromatic heterocycles. The molecule has 2 aromatic rings. The normalized spacial score (nSPS) is 23.6. The van der Waals surface area contributed by atoms with Crippen molar-refractivity contribution in [3.05, 3.63) is 35.0 Å². The molecule has 1 heterocycles. The number of anilines is 1. The number of hydrogen-bond acceptors (Lipinski definition) is 4. The highest BCUT2D eigenvalue weighted by Gasteiger charge is 2.46. The molecular formula is C18H17ClF3N3O. The van der Waals surface area contributed by atoms with Gasteiger partial charge in [-0.3, -0.25) is 4.98 Å². The second-order valence-electron chi connectivity index (χ2n) is 6.73. The van der Waals surface area contributed by atoms with Crippen LogP contribution in [-0.4, -0.2) is 28.4 Å². The van der Waals surface area contributed by atoms with Crippen molar-refractivity contribution in [2.24, 2.45) is 5.92 Å². The second-order valence-corrected chi connectivity index (χ2v) is 7.17. The monoisotopic (exact) mass is 383 g/mol. The highest BCUT2D eigenvalue weighted by Crippen LogP contribution is 2.42. The number of nitrogens with zero attached hydrogens (tertiary/aromatic N) is 2. The maximum Gasteiger partial charge on any atom is 0.391 e. The van der Waals surface area contributed by atoms with Crippen molar-refractivity contribution in [2.75, 3.05) is 11.9 Å². The standard InChI is InChI=1S/C18H17ClF3N3O/c19-13-3-4-15-14(6-13)16(11(8-23)9-24-15)25-10-17(26)5-1-2-12(7-17)18(20,21)22/h3-4,6,9,12,26H,1-2,5,7,10H2,(H,24,25). The molecule has 1 fully saturated rings. The Morgan fingerprint density at radius 2 is 2.19 bits per heavy atom. The Morgan fingerprint density at radius 1 is 1.42 bits per heavy atom. The summed E-state index contributed by atoms with van der Waals surface area (Å²) < 4.78 is 39.1. The molecule has 1 aliphatic rings. The molecule has 0 aliphatic heterocycles. The number of fused-ring (bicyclic) bond motifs is 1. The molecule has 3 rings (SSSR count). The summed E-state index contributed by atoms with van der Waals surface area (Å²) in [6.07, 6.45) is -2.67. The summed E-state index contributed by atoms with van der Waals surface area (Å²) in [5.41, 5.74) is -0.229. The van der Waals surface area contributed by atoms with E-state index >= 15 is 0 Å². The highest BCUT2D eigenvalue weighted by molar-refractivity contribution is 6.31. The molecule has 0 spiro atoms. The molecule has 1 aliphatic carbocycles. The van der Waals surface area contributed by atoms with Gasteiger partial charge < -0.3 is 10.4 Å². The number of hydrogen-bond donors (Lipinski definition) is 2. The fourth-order valence-corrected chi connectivity index (χ4v) is 3.65. The minimum absolute atomic E-state index is 0.0308. The highest BCUT2D eigenvalue weighted by atomic mass is 35.5. The SMILES string of the molecule is N#Cc1cnc2ccc(Cl)cc2c1NCC1(O)CCCC(C(F)(F)F)C1. The lowest BCUT2D eigenvalue weighted by Gasteiger charge is -2.38. The largest absolute Gasteiger partial charge is 0.391 e. The van der Waals surface area contributed by atoms with Crippen LogP contribution in [0, 0.1) is 17.2 Å². The van der Waals surface area contributed by atoms with Crippen molar-refractivity contribution in [1.29, 1.82) is 5.26 Å². The molecule has 0 amide bonds. The number of rotatable bonds is 3. The van der Waals surface area contributed by atoms with E-state index in [1.165, 1.54) is 6.20 Å². The van der Waals surface area contributed by atoms with Crippen LogP contribution in [0.25, 0.3) is 10.9 Å². The Hall–Kier alpha value is -2.04. The Kier molecular flexibility index (Phi) is 5.00. The van der Waals surface area contributed by atoms with Gasteiger partial charge in [0.15, 0.2) is 0 Å². The Bertz CT molecular complexity index is 865. The van der Waals surface area contributed by atoms with Gasteiger partial charge in [0.2, 0.25) is 0 Å². The number of alkyl halides is 3. The number of benzene rings is 1. The molecule has 0 bridgehead atoms. The van der Waals surface area contributed by atoms with Crippen LogP contribution in [0.3, 0.4) is 0 Å². The zero-order chi connectivity index (χ0) is 18.9. The molecule has 1 saturated carbocycles. The molecule has 138 valence electrons. The van der Waals surface area contributed by atoms with E-state index in [2.05, 4.69) is 10.3 Å². The quantitative estimate of drug-likeness (QED) is 0.809. The summed E-state index contributed by atoms with van der Waals surface area (Å²) in [4.78, 5) is 4.18. The average molecular weight is 384 g/mol. The fraction of sp³-hybridized carbons (Fsp3) is 0.444. The molecule has 0 saturated heterocycles. The Morgan fingerprint density at radius 3 is 2.88 bits per heavy atom. The lowest BCUT2D eigenvalue weighted by atomic mass is 9.77. The van der Waals surface area contributed by atoms with Gasteiger partial charge in [-0.05, 0) is 43.9 Å². The van der Waals surface area contributed by atoms with Gasteiger partial charge in [-0.2, -0.15) is 18.4 Å². The van der Waals surface area contributed by atoms with Gasteiger partial charge in [-0.1, -0.05) is 11.6 Å². The van der Waals surface area contributed by atoms with Crippen molar-refractivity contribution < 1.29 is 18.3 Å². The number of pyridine rings is 1. The summed E-state index contributed by atoms with van der Waals surface area (Å²) in [7, 11) is 0. The average Bonchev–Trinajstić information content (AvgIpc) is 2.58. The van der Waals surface area contributed by atoms with E-state index in [-0.39, 0.29) is 31.4 Å². The van der Waals surface area contributed by atoms with E-state index in [1.54, 1.807) is 18.2 Å². The topological polar surface area (TPSA) is 68.9 Å². The van der Waals surface area contributed by atoms with E-state index < -0.39 is 17.7 Å². The van der Waals surface area contributed by atoms with Gasteiger partial charge >= 0.3 is 6.18 Å². The minimum Gasteiger partial charge on any atom is -0.388 e. The van der Waals surface area contributed by atoms with Crippen LogP contribution in [0.4, 0.5) is 18.9 Å². The van der Waals surface area contributed by atoms with E-state index in [0.29, 0.717) is 28.0 Å². The van der Waals surface area contributed by atoms with Crippen LogP contribution in [0.5, 0.6) is 0 Å². The third-order valence-electron chi connectivity index (χ3n) is 4.83. The van der Waals surface area contributed by atoms with Gasteiger partial charge in [0, 0.05) is 23.2 Å². The predicted molar refractivity (Wildman–Crippen MR) is 92.9 cm³/mol. The maximum atomic E-state index is 13.0. The van der Waals surface area contributed by atoms with Crippen LogP contribution >= 0.6 is 11.6 Å². The van der Waals surface area contributed by atoms with Crippen LogP contribution in [0.2, 0.25) is 5.02 Å². The third-order valence-corrected chi connectivity index (χ3v) is 5.06. The lowest BCUT2D eigenvalue weighted by Crippen LogP contribution is -2.45. The summed E-state index contributed by atoms with van der Waals surface area (Å²) in [6.45, 7) is -0.0834. The smallest absolute Gasteiger partial charge is 0.388 e. The molecule has 4 nitrogen and oxygen atoms in total. The number of aliphatic hydroxyl groups is 1. The molecule has 8 heteroatoms. The van der Waals surface area contributed by atoms with Crippen LogP contribution in [0.1, 0.15) is 31.2 Å². The molecule has 2 unspecified atom stereocenters. The molecule has 0 radical (unpaired) electrons. The zero-order valence-electron chi connectivity index (χ0n) is 13.8. The van der Waals surface area contributed by atoms with Gasteiger partial charge in [-0.25, -0.2) is 0 Å².